The number of H-pyrrole nitrogens is 1. The molecule has 1 aromatic heterocycles. The molecule has 1 N–H and O–H groups in total. The molecule has 1 aromatic carbocycles. The van der Waals surface area contributed by atoms with Crippen LogP contribution in [0.1, 0.15) is 25.8 Å². The van der Waals surface area contributed by atoms with Crippen LogP contribution in [0.2, 0.25) is 0 Å². The number of hydrogen-bond donors (Lipinski definition) is 1. The molecule has 0 aliphatic heterocycles. The summed E-state index contributed by atoms with van der Waals surface area (Å²) in [5, 5.41) is 1.02. The molecule has 0 radical (unpaired) electrons. The number of aromatic amines is 1. The van der Waals surface area contributed by atoms with Gasteiger partial charge < -0.3 is 14.6 Å². The molecule has 1 heterocycles. The van der Waals surface area contributed by atoms with Crippen LogP contribution in [0.4, 0.5) is 0 Å². The van der Waals surface area contributed by atoms with Crippen LogP contribution >= 0.6 is 0 Å². The first-order valence-electron chi connectivity index (χ1n) is 7.07. The number of rotatable bonds is 6. The van der Waals surface area contributed by atoms with Crippen LogP contribution in [0.15, 0.2) is 24.4 Å². The van der Waals surface area contributed by atoms with E-state index < -0.39 is 0 Å². The van der Waals surface area contributed by atoms with Gasteiger partial charge in [-0.05, 0) is 44.1 Å². The number of fused-ring (bicyclic) bond motifs is 1. The molecule has 108 valence electrons. The van der Waals surface area contributed by atoms with Crippen LogP contribution in [0.3, 0.4) is 0 Å². The summed E-state index contributed by atoms with van der Waals surface area (Å²) in [6, 6.07) is 5.74. The molecule has 0 saturated carbocycles. The topological polar surface area (TPSA) is 45.3 Å². The van der Waals surface area contributed by atoms with E-state index in [9.17, 15) is 4.79 Å². The summed E-state index contributed by atoms with van der Waals surface area (Å²) in [5.74, 6) is 0.358. The van der Waals surface area contributed by atoms with E-state index in [0.29, 0.717) is 5.75 Å². The number of aromatic nitrogens is 1. The SMILES string of the molecule is CCCN(C)CCc1c[nH]c2cccc(OC(C)=O)c12. The van der Waals surface area contributed by atoms with E-state index in [1.807, 2.05) is 24.4 Å². The van der Waals surface area contributed by atoms with Crippen molar-refractivity contribution in [3.63, 3.8) is 0 Å². The highest BCUT2D eigenvalue weighted by Crippen LogP contribution is 2.29. The van der Waals surface area contributed by atoms with Gasteiger partial charge in [0.1, 0.15) is 5.75 Å². The van der Waals surface area contributed by atoms with Crippen molar-refractivity contribution in [1.82, 2.24) is 9.88 Å². The molecule has 4 heteroatoms. The normalized spacial score (nSPS) is 11.2. The molecule has 0 amide bonds. The van der Waals surface area contributed by atoms with Gasteiger partial charge in [-0.1, -0.05) is 13.0 Å². The third-order valence-electron chi connectivity index (χ3n) is 3.37. The number of likely N-dealkylation sites (N-methyl/N-ethyl adjacent to an activating group) is 1. The lowest BCUT2D eigenvalue weighted by atomic mass is 10.1. The molecule has 20 heavy (non-hydrogen) atoms. The van der Waals surface area contributed by atoms with E-state index in [2.05, 4.69) is 23.9 Å². The van der Waals surface area contributed by atoms with Crippen molar-refractivity contribution in [1.29, 1.82) is 0 Å². The molecule has 2 aromatic rings. The first kappa shape index (κ1) is 14.6. The van der Waals surface area contributed by atoms with Gasteiger partial charge in [0.05, 0.1) is 0 Å². The molecule has 0 aliphatic rings. The largest absolute Gasteiger partial charge is 0.426 e. The summed E-state index contributed by atoms with van der Waals surface area (Å²) in [6.07, 6.45) is 4.11. The fourth-order valence-electron chi connectivity index (χ4n) is 2.46. The van der Waals surface area contributed by atoms with Crippen molar-refractivity contribution in [3.8, 4) is 5.75 Å². The van der Waals surface area contributed by atoms with Gasteiger partial charge in [0.25, 0.3) is 0 Å². The zero-order valence-corrected chi connectivity index (χ0v) is 12.4. The van der Waals surface area contributed by atoms with Crippen molar-refractivity contribution >= 4 is 16.9 Å². The van der Waals surface area contributed by atoms with Gasteiger partial charge in [-0.15, -0.1) is 0 Å². The summed E-state index contributed by atoms with van der Waals surface area (Å²) in [6.45, 7) is 5.70. The Morgan fingerprint density at radius 2 is 2.15 bits per heavy atom. The minimum absolute atomic E-state index is 0.284. The number of carbonyl (C=O) groups is 1. The van der Waals surface area contributed by atoms with E-state index in [1.54, 1.807) is 0 Å². The molecule has 0 unspecified atom stereocenters. The summed E-state index contributed by atoms with van der Waals surface area (Å²) in [4.78, 5) is 16.8. The summed E-state index contributed by atoms with van der Waals surface area (Å²) < 4.78 is 5.31. The highest BCUT2D eigenvalue weighted by molar-refractivity contribution is 5.91. The number of nitrogens with zero attached hydrogens (tertiary/aromatic N) is 1. The summed E-state index contributed by atoms with van der Waals surface area (Å²) >= 11 is 0. The van der Waals surface area contributed by atoms with Gasteiger partial charge in [-0.3, -0.25) is 4.79 Å². The van der Waals surface area contributed by atoms with Gasteiger partial charge in [-0.25, -0.2) is 0 Å². The number of ether oxygens (including phenoxy) is 1. The van der Waals surface area contributed by atoms with Crippen LogP contribution in [0.5, 0.6) is 5.75 Å². The van der Waals surface area contributed by atoms with Gasteiger partial charge in [-0.2, -0.15) is 0 Å². The first-order valence-corrected chi connectivity index (χ1v) is 7.07. The molecule has 0 fully saturated rings. The predicted molar refractivity (Wildman–Crippen MR) is 81.1 cm³/mol. The van der Waals surface area contributed by atoms with Gasteiger partial charge >= 0.3 is 5.97 Å². The summed E-state index contributed by atoms with van der Waals surface area (Å²) in [5.41, 5.74) is 2.21. The zero-order chi connectivity index (χ0) is 14.5. The monoisotopic (exact) mass is 274 g/mol. The van der Waals surface area contributed by atoms with Gasteiger partial charge in [0.15, 0.2) is 0 Å². The molecular formula is C16H22N2O2. The first-order chi connectivity index (χ1) is 9.61. The van der Waals surface area contributed by atoms with Crippen molar-refractivity contribution < 1.29 is 9.53 Å². The highest BCUT2D eigenvalue weighted by atomic mass is 16.5. The Morgan fingerprint density at radius 1 is 1.35 bits per heavy atom. The maximum Gasteiger partial charge on any atom is 0.308 e. The molecule has 0 saturated heterocycles. The third-order valence-corrected chi connectivity index (χ3v) is 3.37. The van der Waals surface area contributed by atoms with E-state index >= 15 is 0 Å². The lowest BCUT2D eigenvalue weighted by Gasteiger charge is -2.15. The number of benzene rings is 1. The number of carbonyl (C=O) groups excluding carboxylic acids is 1. The minimum atomic E-state index is -0.284. The van der Waals surface area contributed by atoms with E-state index in [1.165, 1.54) is 12.5 Å². The molecule has 2 rings (SSSR count). The van der Waals surface area contributed by atoms with Gasteiger partial charge in [0, 0.05) is 30.6 Å². The van der Waals surface area contributed by atoms with Crippen molar-refractivity contribution in [2.75, 3.05) is 20.1 Å². The fraction of sp³-hybridized carbons (Fsp3) is 0.438. The maximum absolute atomic E-state index is 11.2. The predicted octanol–water partition coefficient (Wildman–Crippen LogP) is 2.98. The molecule has 0 bridgehead atoms. The van der Waals surface area contributed by atoms with Crippen LogP contribution in [-0.2, 0) is 11.2 Å². The molecule has 0 aliphatic carbocycles. The second-order valence-electron chi connectivity index (χ2n) is 5.14. The van der Waals surface area contributed by atoms with Crippen LogP contribution < -0.4 is 4.74 Å². The standard InChI is InChI=1S/C16H22N2O2/c1-4-9-18(3)10-8-13-11-17-14-6-5-7-15(16(13)14)20-12(2)19/h5-7,11,17H,4,8-10H2,1-3H3. The van der Waals surface area contributed by atoms with Crippen molar-refractivity contribution in [3.05, 3.63) is 30.0 Å². The average Bonchev–Trinajstić information content (AvgIpc) is 2.80. The lowest BCUT2D eigenvalue weighted by Crippen LogP contribution is -2.21. The van der Waals surface area contributed by atoms with Crippen molar-refractivity contribution in [2.24, 2.45) is 0 Å². The Balaban J connectivity index is 2.22. The molecule has 0 atom stereocenters. The Bertz CT molecular complexity index is 589. The van der Waals surface area contributed by atoms with Gasteiger partial charge in [0.2, 0.25) is 0 Å². The zero-order valence-electron chi connectivity index (χ0n) is 12.4. The smallest absolute Gasteiger partial charge is 0.308 e. The Hall–Kier alpha value is -1.81. The van der Waals surface area contributed by atoms with Crippen LogP contribution in [-0.4, -0.2) is 36.0 Å². The second kappa shape index (κ2) is 6.57. The second-order valence-corrected chi connectivity index (χ2v) is 5.14. The molecule has 0 spiro atoms. The van der Waals surface area contributed by atoms with Crippen molar-refractivity contribution in [2.45, 2.75) is 26.7 Å². The van der Waals surface area contributed by atoms with Crippen LogP contribution in [0, 0.1) is 0 Å². The number of hydrogen-bond acceptors (Lipinski definition) is 3. The Labute approximate surface area is 119 Å². The number of esters is 1. The quantitative estimate of drug-likeness (QED) is 0.650. The Kier molecular flexibility index (Phi) is 4.79. The minimum Gasteiger partial charge on any atom is -0.426 e. The fourth-order valence-corrected chi connectivity index (χ4v) is 2.46. The number of nitrogens with one attached hydrogen (secondary N) is 1. The summed E-state index contributed by atoms with van der Waals surface area (Å²) in [7, 11) is 2.13. The lowest BCUT2D eigenvalue weighted by molar-refractivity contribution is -0.131. The van der Waals surface area contributed by atoms with Crippen LogP contribution in [0.25, 0.3) is 10.9 Å². The molecule has 4 nitrogen and oxygen atoms in total. The highest BCUT2D eigenvalue weighted by Gasteiger charge is 2.11. The van der Waals surface area contributed by atoms with E-state index in [0.717, 1.165) is 36.8 Å². The maximum atomic E-state index is 11.2. The molecular weight excluding hydrogens is 252 g/mol. The third kappa shape index (κ3) is 3.39. The van der Waals surface area contributed by atoms with E-state index in [4.69, 9.17) is 4.74 Å². The van der Waals surface area contributed by atoms with E-state index in [-0.39, 0.29) is 5.97 Å². The Morgan fingerprint density at radius 3 is 2.85 bits per heavy atom. The average molecular weight is 274 g/mol.